The van der Waals surface area contributed by atoms with E-state index in [-0.39, 0.29) is 6.29 Å². The highest BCUT2D eigenvalue weighted by molar-refractivity contribution is 5.98. The van der Waals surface area contributed by atoms with Gasteiger partial charge in [0.05, 0.1) is 0 Å². The standard InChI is InChI=1S/C12H19NO7/c1-11(2,3)20-10(19)13(5)12(4,9(17)18)7(6-14)8(15)16/h6-7H,1-5H3,(H,15,16)(H,17,18)/t7-,12-/m0/s1. The quantitative estimate of drug-likeness (QED) is 0.561. The number of nitrogens with zero attached hydrogens (tertiary/aromatic N) is 1. The molecule has 0 saturated carbocycles. The normalized spacial score (nSPS) is 15.7. The van der Waals surface area contributed by atoms with Crippen molar-refractivity contribution in [2.75, 3.05) is 7.05 Å². The molecule has 0 aliphatic rings. The first-order valence-corrected chi connectivity index (χ1v) is 5.76. The van der Waals surface area contributed by atoms with Crippen LogP contribution in [0.3, 0.4) is 0 Å². The zero-order valence-corrected chi connectivity index (χ0v) is 12.0. The fraction of sp³-hybridized carbons (Fsp3) is 0.667. The van der Waals surface area contributed by atoms with E-state index >= 15 is 0 Å². The van der Waals surface area contributed by atoms with E-state index in [4.69, 9.17) is 9.84 Å². The first kappa shape index (κ1) is 17.9. The molecular weight excluding hydrogens is 270 g/mol. The second-order valence-electron chi connectivity index (χ2n) is 5.44. The number of hydrogen-bond acceptors (Lipinski definition) is 5. The van der Waals surface area contributed by atoms with Crippen LogP contribution < -0.4 is 0 Å². The zero-order valence-electron chi connectivity index (χ0n) is 12.0. The van der Waals surface area contributed by atoms with Crippen LogP contribution in [0.4, 0.5) is 4.79 Å². The number of amides is 1. The molecule has 8 heteroatoms. The van der Waals surface area contributed by atoms with Crippen molar-refractivity contribution in [3.05, 3.63) is 0 Å². The van der Waals surface area contributed by atoms with Gasteiger partial charge in [0.1, 0.15) is 17.8 Å². The monoisotopic (exact) mass is 289 g/mol. The van der Waals surface area contributed by atoms with E-state index in [1.54, 1.807) is 20.8 Å². The van der Waals surface area contributed by atoms with Gasteiger partial charge >= 0.3 is 18.0 Å². The number of carboxylic acids is 2. The molecule has 0 aliphatic carbocycles. The van der Waals surface area contributed by atoms with Gasteiger partial charge in [-0.3, -0.25) is 9.69 Å². The molecule has 1 amide bonds. The van der Waals surface area contributed by atoms with Gasteiger partial charge in [-0.25, -0.2) is 9.59 Å². The fourth-order valence-electron chi connectivity index (χ4n) is 1.44. The molecule has 0 unspecified atom stereocenters. The van der Waals surface area contributed by atoms with E-state index in [1.165, 1.54) is 0 Å². The van der Waals surface area contributed by atoms with Crippen LogP contribution in [0.5, 0.6) is 0 Å². The minimum atomic E-state index is -2.25. The number of aliphatic carboxylic acids is 2. The number of rotatable bonds is 5. The molecule has 0 heterocycles. The third-order valence-corrected chi connectivity index (χ3v) is 2.80. The molecule has 8 nitrogen and oxygen atoms in total. The number of likely N-dealkylation sites (N-methyl/N-ethyl adjacent to an activating group) is 1. The highest BCUT2D eigenvalue weighted by Crippen LogP contribution is 2.25. The summed E-state index contributed by atoms with van der Waals surface area (Å²) in [7, 11) is 1.07. The van der Waals surface area contributed by atoms with E-state index in [9.17, 15) is 24.3 Å². The summed E-state index contributed by atoms with van der Waals surface area (Å²) >= 11 is 0. The van der Waals surface area contributed by atoms with Crippen molar-refractivity contribution in [2.45, 2.75) is 38.8 Å². The Kier molecular flexibility index (Phi) is 5.27. The Morgan fingerprint density at radius 3 is 1.85 bits per heavy atom. The van der Waals surface area contributed by atoms with Gasteiger partial charge in [-0.05, 0) is 27.7 Å². The van der Waals surface area contributed by atoms with Crippen LogP contribution in [0, 0.1) is 5.92 Å². The maximum Gasteiger partial charge on any atom is 0.411 e. The van der Waals surface area contributed by atoms with Crippen molar-refractivity contribution in [3.8, 4) is 0 Å². The summed E-state index contributed by atoms with van der Waals surface area (Å²) < 4.78 is 4.99. The summed E-state index contributed by atoms with van der Waals surface area (Å²) in [5.74, 6) is -5.18. The minimum absolute atomic E-state index is 0.0165. The molecule has 0 aliphatic heterocycles. The summed E-state index contributed by atoms with van der Waals surface area (Å²) in [6.45, 7) is 5.70. The van der Waals surface area contributed by atoms with Crippen LogP contribution >= 0.6 is 0 Å². The van der Waals surface area contributed by atoms with Gasteiger partial charge in [0.25, 0.3) is 0 Å². The topological polar surface area (TPSA) is 121 Å². The average Bonchev–Trinajstić information content (AvgIpc) is 2.25. The molecule has 0 radical (unpaired) electrons. The Hall–Kier alpha value is -2.12. The van der Waals surface area contributed by atoms with E-state index in [1.807, 2.05) is 0 Å². The first-order valence-electron chi connectivity index (χ1n) is 5.76. The van der Waals surface area contributed by atoms with Gasteiger partial charge < -0.3 is 19.7 Å². The first-order chi connectivity index (χ1) is 8.87. The molecule has 0 rings (SSSR count). The molecular formula is C12H19NO7. The molecule has 0 bridgehead atoms. The molecule has 2 atom stereocenters. The van der Waals surface area contributed by atoms with E-state index in [0.717, 1.165) is 14.0 Å². The van der Waals surface area contributed by atoms with Gasteiger partial charge in [-0.1, -0.05) is 0 Å². The van der Waals surface area contributed by atoms with Gasteiger partial charge in [-0.15, -0.1) is 0 Å². The van der Waals surface area contributed by atoms with Crippen molar-refractivity contribution in [3.63, 3.8) is 0 Å². The van der Waals surface area contributed by atoms with Crippen molar-refractivity contribution in [1.29, 1.82) is 0 Å². The number of carbonyl (C=O) groups excluding carboxylic acids is 2. The third-order valence-electron chi connectivity index (χ3n) is 2.80. The molecule has 2 N–H and O–H groups in total. The average molecular weight is 289 g/mol. The maximum atomic E-state index is 11.9. The van der Waals surface area contributed by atoms with Gasteiger partial charge in [0.2, 0.25) is 0 Å². The summed E-state index contributed by atoms with van der Waals surface area (Å²) in [6.07, 6.45) is -1.05. The number of aldehydes is 1. The zero-order chi connectivity index (χ0) is 16.3. The lowest BCUT2D eigenvalue weighted by Crippen LogP contribution is -2.61. The SMILES string of the molecule is CN(C(=O)OC(C)(C)C)[C@](C)(C(=O)O)[C@@H](C=O)C(=O)O. The Labute approximate surface area is 116 Å². The maximum absolute atomic E-state index is 11.9. The predicted octanol–water partition coefficient (Wildman–Crippen LogP) is 0.596. The van der Waals surface area contributed by atoms with E-state index < -0.39 is 35.1 Å². The highest BCUT2D eigenvalue weighted by atomic mass is 16.6. The lowest BCUT2D eigenvalue weighted by atomic mass is 9.85. The molecule has 0 fully saturated rings. The largest absolute Gasteiger partial charge is 0.481 e. The van der Waals surface area contributed by atoms with Gasteiger partial charge in [0.15, 0.2) is 5.54 Å². The third kappa shape index (κ3) is 3.69. The second kappa shape index (κ2) is 5.89. The molecule has 0 aromatic rings. The number of carbonyl (C=O) groups is 4. The van der Waals surface area contributed by atoms with Crippen LogP contribution in [0.25, 0.3) is 0 Å². The van der Waals surface area contributed by atoms with E-state index in [2.05, 4.69) is 0 Å². The van der Waals surface area contributed by atoms with Crippen LogP contribution in [-0.4, -0.2) is 57.6 Å². The number of ether oxygens (including phenoxy) is 1. The smallest absolute Gasteiger partial charge is 0.411 e. The summed E-state index contributed by atoms with van der Waals surface area (Å²) in [5, 5.41) is 18.2. The van der Waals surface area contributed by atoms with Crippen LogP contribution in [-0.2, 0) is 19.1 Å². The van der Waals surface area contributed by atoms with Crippen molar-refractivity contribution in [1.82, 2.24) is 4.90 Å². The van der Waals surface area contributed by atoms with Crippen LogP contribution in [0.15, 0.2) is 0 Å². The lowest BCUT2D eigenvalue weighted by Gasteiger charge is -2.37. The Bertz CT molecular complexity index is 426. The summed E-state index contributed by atoms with van der Waals surface area (Å²) in [4.78, 5) is 45.8. The summed E-state index contributed by atoms with van der Waals surface area (Å²) in [5.41, 5.74) is -3.14. The molecule has 0 saturated heterocycles. The van der Waals surface area contributed by atoms with Crippen LogP contribution in [0.1, 0.15) is 27.7 Å². The Morgan fingerprint density at radius 1 is 1.15 bits per heavy atom. The molecule has 114 valence electrons. The molecule has 0 aromatic heterocycles. The van der Waals surface area contributed by atoms with Gasteiger partial charge in [-0.2, -0.15) is 0 Å². The Balaban J connectivity index is 5.58. The highest BCUT2D eigenvalue weighted by Gasteiger charge is 2.52. The minimum Gasteiger partial charge on any atom is -0.481 e. The second-order valence-corrected chi connectivity index (χ2v) is 5.44. The Morgan fingerprint density at radius 2 is 1.60 bits per heavy atom. The number of carboxylic acid groups (broad SMARTS) is 2. The van der Waals surface area contributed by atoms with E-state index in [0.29, 0.717) is 4.90 Å². The summed E-state index contributed by atoms with van der Waals surface area (Å²) in [6, 6.07) is 0. The number of hydrogen-bond donors (Lipinski definition) is 2. The van der Waals surface area contributed by atoms with Crippen LogP contribution in [0.2, 0.25) is 0 Å². The van der Waals surface area contributed by atoms with Crippen molar-refractivity contribution in [2.24, 2.45) is 5.92 Å². The molecule has 0 spiro atoms. The molecule has 0 aromatic carbocycles. The van der Waals surface area contributed by atoms with Crippen molar-refractivity contribution < 1.29 is 34.1 Å². The van der Waals surface area contributed by atoms with Gasteiger partial charge in [0, 0.05) is 7.05 Å². The lowest BCUT2D eigenvalue weighted by molar-refractivity contribution is -0.163. The predicted molar refractivity (Wildman–Crippen MR) is 67.2 cm³/mol. The van der Waals surface area contributed by atoms with Crippen molar-refractivity contribution >= 4 is 24.3 Å². The molecule has 20 heavy (non-hydrogen) atoms. The fourth-order valence-corrected chi connectivity index (χ4v) is 1.44.